The van der Waals surface area contributed by atoms with E-state index in [0.717, 1.165) is 135 Å². The van der Waals surface area contributed by atoms with Gasteiger partial charge in [0.25, 0.3) is 0 Å². The first-order chi connectivity index (χ1) is 39.2. The van der Waals surface area contributed by atoms with E-state index in [4.69, 9.17) is 23.3 Å². The highest BCUT2D eigenvalue weighted by Gasteiger charge is 2.28. The van der Waals surface area contributed by atoms with E-state index in [1.54, 1.807) is 0 Å². The second-order valence-electron chi connectivity index (χ2n) is 19.4. The summed E-state index contributed by atoms with van der Waals surface area (Å²) in [6.07, 6.45) is 79.2. The van der Waals surface area contributed by atoms with Crippen molar-refractivity contribution in [3.05, 3.63) is 158 Å². The summed E-state index contributed by atoms with van der Waals surface area (Å²) in [5.74, 6) is -1.64. The Morgan fingerprint density at radius 1 is 0.362 bits per heavy atom. The summed E-state index contributed by atoms with van der Waals surface area (Å²) in [5.41, 5.74) is 0. The predicted octanol–water partition coefficient (Wildman–Crippen LogP) is 18.5. The number of phosphoric ester groups is 1. The van der Waals surface area contributed by atoms with E-state index in [2.05, 4.69) is 167 Å². The van der Waals surface area contributed by atoms with Gasteiger partial charge >= 0.3 is 25.7 Å². The first-order valence-corrected chi connectivity index (χ1v) is 31.9. The minimum Gasteiger partial charge on any atom is -0.462 e. The molecule has 0 aliphatic carbocycles. The second-order valence-corrected chi connectivity index (χ2v) is 20.8. The fourth-order valence-corrected chi connectivity index (χ4v) is 8.16. The molecule has 3 unspecified atom stereocenters. The van der Waals surface area contributed by atoms with Gasteiger partial charge in [0.2, 0.25) is 0 Å². The molecule has 0 aliphatic rings. The summed E-state index contributed by atoms with van der Waals surface area (Å²) >= 11 is 0. The Bertz CT molecular complexity index is 1950. The number of rotatable bonds is 54. The lowest BCUT2D eigenvalue weighted by atomic mass is 10.1. The molecule has 0 amide bonds. The molecule has 450 valence electrons. The highest BCUT2D eigenvalue weighted by atomic mass is 31.2. The van der Waals surface area contributed by atoms with E-state index < -0.39 is 64.4 Å². The van der Waals surface area contributed by atoms with Crippen LogP contribution in [0.1, 0.15) is 213 Å². The SMILES string of the molecule is CC/C=C\C/C=C\C/C=C\C/C=C\C/C=C\C/C=C\CCC(=O)OCC(COP(=O)(O)OCC(CO)OC(=O)CCCCCCC/C=C\C/C=C\CCCCC)OC(=O)CCCCC/C=C\C/C=C\C/C=C\C/C=C\C/C=C\CC. The van der Waals surface area contributed by atoms with Gasteiger partial charge < -0.3 is 24.2 Å². The summed E-state index contributed by atoms with van der Waals surface area (Å²) in [4.78, 5) is 48.6. The third-order valence-corrected chi connectivity index (χ3v) is 12.9. The first kappa shape index (κ1) is 75.1. The number of hydrogen-bond acceptors (Lipinski definition) is 10. The van der Waals surface area contributed by atoms with E-state index >= 15 is 0 Å². The third kappa shape index (κ3) is 57.8. The molecule has 0 aromatic carbocycles. The van der Waals surface area contributed by atoms with Crippen molar-refractivity contribution in [2.45, 2.75) is 226 Å². The number of carbonyl (C=O) groups is 3. The number of carbonyl (C=O) groups excluding carboxylic acids is 3. The molecule has 0 heterocycles. The smallest absolute Gasteiger partial charge is 0.462 e. The molecule has 0 saturated carbocycles. The van der Waals surface area contributed by atoms with Crippen molar-refractivity contribution in [3.63, 3.8) is 0 Å². The van der Waals surface area contributed by atoms with E-state index in [1.807, 2.05) is 12.2 Å². The Hall–Kier alpha value is -4.90. The van der Waals surface area contributed by atoms with Crippen LogP contribution in [0.4, 0.5) is 0 Å². The van der Waals surface area contributed by atoms with Crippen LogP contribution in [0.2, 0.25) is 0 Å². The van der Waals surface area contributed by atoms with E-state index in [9.17, 15) is 28.9 Å². The van der Waals surface area contributed by atoms with Crippen molar-refractivity contribution in [2.24, 2.45) is 0 Å². The van der Waals surface area contributed by atoms with Gasteiger partial charge in [-0.25, -0.2) is 4.57 Å². The number of phosphoric acid groups is 1. The zero-order valence-electron chi connectivity index (χ0n) is 49.7. The van der Waals surface area contributed by atoms with Gasteiger partial charge in [0.1, 0.15) is 12.7 Å². The van der Waals surface area contributed by atoms with Crippen LogP contribution >= 0.6 is 7.82 Å². The maximum absolute atomic E-state index is 12.9. The minimum absolute atomic E-state index is 0.0834. The van der Waals surface area contributed by atoms with Crippen molar-refractivity contribution in [2.75, 3.05) is 26.4 Å². The lowest BCUT2D eigenvalue weighted by molar-refractivity contribution is -0.161. The molecule has 11 nitrogen and oxygen atoms in total. The Morgan fingerprint density at radius 3 is 1.06 bits per heavy atom. The molecule has 0 saturated heterocycles. The van der Waals surface area contributed by atoms with Crippen LogP contribution in [0, 0.1) is 0 Å². The number of allylic oxidation sites excluding steroid dienone is 26. The average Bonchev–Trinajstić information content (AvgIpc) is 3.45. The molecular weight excluding hydrogens is 1020 g/mol. The first-order valence-electron chi connectivity index (χ1n) is 30.4. The zero-order valence-corrected chi connectivity index (χ0v) is 50.6. The monoisotopic (exact) mass is 1130 g/mol. The molecular formula is C68H107O11P. The van der Waals surface area contributed by atoms with Crippen LogP contribution in [0.5, 0.6) is 0 Å². The Balaban J connectivity index is 4.93. The van der Waals surface area contributed by atoms with Crippen molar-refractivity contribution in [1.29, 1.82) is 0 Å². The largest absolute Gasteiger partial charge is 0.472 e. The standard InChI is InChI=1S/C68H107O11P/c1-4-7-10-13-16-19-22-25-28-30-32-34-37-39-42-45-48-51-54-57-66(70)75-61-65(79-68(72)59-56-53-50-47-44-41-38-35-33-31-29-26-23-20-17-14-11-8-5-2)63-77-80(73,74)76-62-64(60-69)78-67(71)58-55-52-49-46-43-40-36-27-24-21-18-15-12-9-6-3/h7-8,10-11,16-21,25-29,32-36,39,41-42,44,48,51,64-65,69H,4-6,9,12-15,22-24,30-31,37-38,40,43,45-47,49-50,52-63H2,1-3H3,(H,73,74)/b10-7-,11-8-,19-16-,20-17-,21-18-,28-25-,29-26-,34-32-,35-33-,36-27-,42-39-,44-41-,51-48-. The van der Waals surface area contributed by atoms with Crippen molar-refractivity contribution in [3.8, 4) is 0 Å². The fraction of sp³-hybridized carbons (Fsp3) is 0.574. The van der Waals surface area contributed by atoms with Crippen molar-refractivity contribution < 1.29 is 52.2 Å². The lowest BCUT2D eigenvalue weighted by Gasteiger charge is -2.21. The molecule has 2 N–H and O–H groups in total. The number of esters is 3. The molecule has 3 atom stereocenters. The summed E-state index contributed by atoms with van der Waals surface area (Å²) < 4.78 is 39.5. The predicted molar refractivity (Wildman–Crippen MR) is 334 cm³/mol. The maximum atomic E-state index is 12.9. The van der Waals surface area contributed by atoms with Crippen LogP contribution < -0.4 is 0 Å². The molecule has 0 bridgehead atoms. The molecule has 0 aromatic rings. The Morgan fingerprint density at radius 2 is 0.675 bits per heavy atom. The fourth-order valence-electron chi connectivity index (χ4n) is 7.38. The number of aliphatic hydroxyl groups excluding tert-OH is 1. The highest BCUT2D eigenvalue weighted by molar-refractivity contribution is 7.47. The topological polar surface area (TPSA) is 155 Å². The number of unbranched alkanes of at least 4 members (excludes halogenated alkanes) is 11. The van der Waals surface area contributed by atoms with Crippen LogP contribution in [-0.4, -0.2) is 66.5 Å². The minimum atomic E-state index is -4.79. The molecule has 0 spiro atoms. The molecule has 80 heavy (non-hydrogen) atoms. The van der Waals surface area contributed by atoms with Gasteiger partial charge in [-0.15, -0.1) is 0 Å². The second kappa shape index (κ2) is 60.2. The number of aliphatic hydroxyl groups is 1. The van der Waals surface area contributed by atoms with Crippen LogP contribution in [0.25, 0.3) is 0 Å². The maximum Gasteiger partial charge on any atom is 0.472 e. The quantitative estimate of drug-likeness (QED) is 0.0197. The van der Waals surface area contributed by atoms with Gasteiger partial charge in [-0.05, 0) is 135 Å². The van der Waals surface area contributed by atoms with Crippen molar-refractivity contribution >= 4 is 25.7 Å². The molecule has 12 heteroatoms. The molecule has 0 aliphatic heterocycles. The zero-order chi connectivity index (χ0) is 58.3. The van der Waals surface area contributed by atoms with Gasteiger partial charge in [0, 0.05) is 19.3 Å². The summed E-state index contributed by atoms with van der Waals surface area (Å²) in [5, 5.41) is 9.83. The Labute approximate surface area is 485 Å². The van der Waals surface area contributed by atoms with Crippen LogP contribution in [-0.2, 0) is 42.2 Å². The molecule has 0 fully saturated rings. The number of hydrogen-bond donors (Lipinski definition) is 2. The van der Waals surface area contributed by atoms with Crippen LogP contribution in [0.15, 0.2) is 158 Å². The molecule has 0 rings (SSSR count). The summed E-state index contributed by atoms with van der Waals surface area (Å²) in [7, 11) is -4.79. The average molecular weight is 1130 g/mol. The van der Waals surface area contributed by atoms with Gasteiger partial charge in [-0.1, -0.05) is 217 Å². The number of ether oxygens (including phenoxy) is 3. The third-order valence-electron chi connectivity index (χ3n) is 11.9. The lowest BCUT2D eigenvalue weighted by Crippen LogP contribution is -2.30. The van der Waals surface area contributed by atoms with Gasteiger partial charge in [0.15, 0.2) is 6.10 Å². The molecule has 0 radical (unpaired) electrons. The van der Waals surface area contributed by atoms with Crippen molar-refractivity contribution in [1.82, 2.24) is 0 Å². The van der Waals surface area contributed by atoms with Gasteiger partial charge in [0.05, 0.1) is 19.8 Å². The summed E-state index contributed by atoms with van der Waals surface area (Å²) in [6.45, 7) is 4.23. The van der Waals surface area contributed by atoms with E-state index in [1.165, 1.54) is 19.3 Å². The van der Waals surface area contributed by atoms with E-state index in [-0.39, 0.29) is 19.3 Å². The highest BCUT2D eigenvalue weighted by Crippen LogP contribution is 2.43. The summed E-state index contributed by atoms with van der Waals surface area (Å²) in [6, 6.07) is 0. The van der Waals surface area contributed by atoms with E-state index in [0.29, 0.717) is 19.3 Å². The Kier molecular flexibility index (Phi) is 56.5. The molecule has 0 aromatic heterocycles. The van der Waals surface area contributed by atoms with Crippen LogP contribution in [0.3, 0.4) is 0 Å². The van der Waals surface area contributed by atoms with Gasteiger partial charge in [-0.2, -0.15) is 0 Å². The normalized spacial score (nSPS) is 14.4. The van der Waals surface area contributed by atoms with Gasteiger partial charge in [-0.3, -0.25) is 23.4 Å².